The Labute approximate surface area is 457 Å². The number of carboxylic acid groups (broad SMARTS) is 1. The Morgan fingerprint density at radius 2 is 1.11 bits per heavy atom. The molecular formula is C55H58F2N10O13. The number of phenols is 1. The van der Waals surface area contributed by atoms with Gasteiger partial charge >= 0.3 is 12.1 Å². The molecule has 80 heavy (non-hydrogen) atoms. The highest BCUT2D eigenvalue weighted by molar-refractivity contribution is 6.12. The number of aromatic nitrogens is 4. The first-order valence-corrected chi connectivity index (χ1v) is 24.6. The molecule has 6 aromatic rings. The number of carboxylic acids is 1. The number of benzene rings is 4. The number of aromatic hydroxyl groups is 1. The fourth-order valence-corrected chi connectivity index (χ4v) is 7.97. The largest absolute Gasteiger partial charge is 0.507 e. The number of rotatable bonds is 15. The third-order valence-electron chi connectivity index (χ3n) is 12.0. The molecule has 0 saturated carbocycles. The molecule has 0 aliphatic carbocycles. The Morgan fingerprint density at radius 1 is 0.650 bits per heavy atom. The number of halogens is 2. The maximum atomic E-state index is 14.9. The molecule has 4 atom stereocenters. The molecule has 2 aromatic heterocycles. The number of aromatic carboxylic acids is 1. The van der Waals surface area contributed by atoms with Crippen LogP contribution in [0.1, 0.15) is 101 Å². The Hall–Kier alpha value is -9.49. The van der Waals surface area contributed by atoms with Gasteiger partial charge in [-0.1, -0.05) is 24.3 Å². The van der Waals surface area contributed by atoms with E-state index in [1.807, 2.05) is 0 Å². The van der Waals surface area contributed by atoms with Crippen LogP contribution in [0, 0.1) is 11.6 Å². The molecule has 420 valence electrons. The van der Waals surface area contributed by atoms with Crippen LogP contribution in [0.4, 0.5) is 13.6 Å². The van der Waals surface area contributed by atoms with Gasteiger partial charge in [0.05, 0.1) is 39.0 Å². The standard InChI is InChI=1S/C26H32FN3O6.C24H22FN5O5.C5H4N2O2/c1-6-35-19-11-12-20(34-5)22(27)21(19)23(31)15-7-9-16(10-8-15)24(32)29-18-14-30(13-17(18)28)25(33)36-26(2,3)4;1-35-19-7-6-18(31)20(21(19)25)22(32)13-2-4-14(5-3-13)23(33)29-16-10-27-11-17(16)30-24(34)15-8-9-26-12-28-15;8-5(9)4-1-2-6-3-7-4/h7-12,17-18H,6,13-14,28H2,1-5H3,(H,29,32);2-9,12,16-17,27,31H,10-11H2,1H3,(H,29,33)(H,30,34);1-3H,(H,8,9)/t17-,18-;16-,17-;/m11./s1. The van der Waals surface area contributed by atoms with Gasteiger partial charge in [-0.15, -0.1) is 0 Å². The second-order valence-electron chi connectivity index (χ2n) is 18.6. The molecule has 2 aliphatic rings. The number of ether oxygens (including phenoxy) is 4. The van der Waals surface area contributed by atoms with Crippen molar-refractivity contribution in [3.05, 3.63) is 166 Å². The van der Waals surface area contributed by atoms with Crippen LogP contribution >= 0.6 is 0 Å². The van der Waals surface area contributed by atoms with Crippen molar-refractivity contribution < 1.29 is 71.5 Å². The molecular weight excluding hydrogens is 1050 g/mol. The number of methoxy groups -OCH3 is 2. The lowest BCUT2D eigenvalue weighted by atomic mass is 10.00. The van der Waals surface area contributed by atoms with Crippen LogP contribution in [-0.2, 0) is 4.74 Å². The summed E-state index contributed by atoms with van der Waals surface area (Å²) in [6.45, 7) is 8.68. The van der Waals surface area contributed by atoms with Crippen LogP contribution in [0.2, 0.25) is 0 Å². The fourth-order valence-electron chi connectivity index (χ4n) is 7.97. The second kappa shape index (κ2) is 27.2. The van der Waals surface area contributed by atoms with E-state index in [1.165, 1.54) is 129 Å². The van der Waals surface area contributed by atoms with Gasteiger partial charge in [-0.3, -0.25) is 24.0 Å². The smallest absolute Gasteiger partial charge is 0.410 e. The van der Waals surface area contributed by atoms with E-state index in [0.29, 0.717) is 13.1 Å². The average Bonchev–Trinajstić information content (AvgIpc) is 4.05. The minimum Gasteiger partial charge on any atom is -0.507 e. The monoisotopic (exact) mass is 1100 g/mol. The number of nitrogens with two attached hydrogens (primary N) is 1. The lowest BCUT2D eigenvalue weighted by Crippen LogP contribution is -2.51. The Morgan fingerprint density at radius 3 is 1.59 bits per heavy atom. The summed E-state index contributed by atoms with van der Waals surface area (Å²) in [5.41, 5.74) is 5.79. The summed E-state index contributed by atoms with van der Waals surface area (Å²) >= 11 is 0. The molecule has 2 aliphatic heterocycles. The van der Waals surface area contributed by atoms with E-state index in [9.17, 15) is 47.4 Å². The maximum absolute atomic E-state index is 14.9. The number of phenolic OH excluding ortho intramolecular Hbond substituents is 1. The molecule has 4 heterocycles. The number of ketones is 2. The normalized spacial score (nSPS) is 16.3. The Bertz CT molecular complexity index is 3190. The zero-order chi connectivity index (χ0) is 58.3. The summed E-state index contributed by atoms with van der Waals surface area (Å²) in [5, 5.41) is 29.9. The van der Waals surface area contributed by atoms with Crippen molar-refractivity contribution in [2.45, 2.75) is 57.5 Å². The summed E-state index contributed by atoms with van der Waals surface area (Å²) in [6.07, 6.45) is 4.83. The van der Waals surface area contributed by atoms with Gasteiger partial charge in [-0.2, -0.15) is 0 Å². The number of amides is 4. The van der Waals surface area contributed by atoms with Gasteiger partial charge in [0.1, 0.15) is 46.6 Å². The van der Waals surface area contributed by atoms with Crippen molar-refractivity contribution in [1.29, 1.82) is 0 Å². The molecule has 4 aromatic carbocycles. The molecule has 4 amide bonds. The van der Waals surface area contributed by atoms with Crippen molar-refractivity contribution >= 4 is 41.4 Å². The molecule has 0 bridgehead atoms. The van der Waals surface area contributed by atoms with Crippen LogP contribution in [-0.4, -0.2) is 153 Å². The summed E-state index contributed by atoms with van der Waals surface area (Å²) in [4.78, 5) is 102. The minimum atomic E-state index is -1.03. The number of likely N-dealkylation sites (tertiary alicyclic amines) is 1. The first kappa shape index (κ1) is 59.7. The van der Waals surface area contributed by atoms with Gasteiger partial charge in [0.15, 0.2) is 40.4 Å². The molecule has 2 saturated heterocycles. The number of hydrogen-bond acceptors (Lipinski definition) is 18. The predicted octanol–water partition coefficient (Wildman–Crippen LogP) is 4.38. The molecule has 0 radical (unpaired) electrons. The van der Waals surface area contributed by atoms with Gasteiger partial charge in [-0.25, -0.2) is 38.3 Å². The summed E-state index contributed by atoms with van der Waals surface area (Å²) in [5.74, 6) is -6.04. The van der Waals surface area contributed by atoms with Gasteiger partial charge in [0.2, 0.25) is 0 Å². The van der Waals surface area contributed by atoms with Crippen LogP contribution < -0.4 is 41.2 Å². The van der Waals surface area contributed by atoms with Crippen LogP contribution in [0.25, 0.3) is 0 Å². The second-order valence-corrected chi connectivity index (χ2v) is 18.6. The Kier molecular flexibility index (Phi) is 20.3. The van der Waals surface area contributed by atoms with E-state index in [4.69, 9.17) is 29.8 Å². The van der Waals surface area contributed by atoms with Crippen molar-refractivity contribution in [2.75, 3.05) is 47.0 Å². The zero-order valence-electron chi connectivity index (χ0n) is 44.2. The number of nitrogens with zero attached hydrogens (tertiary/aromatic N) is 5. The lowest BCUT2D eigenvalue weighted by Gasteiger charge is -2.24. The lowest BCUT2D eigenvalue weighted by molar-refractivity contribution is 0.0287. The predicted molar refractivity (Wildman–Crippen MR) is 282 cm³/mol. The first-order valence-electron chi connectivity index (χ1n) is 24.6. The summed E-state index contributed by atoms with van der Waals surface area (Å²) < 4.78 is 50.1. The van der Waals surface area contributed by atoms with Crippen LogP contribution in [0.3, 0.4) is 0 Å². The van der Waals surface area contributed by atoms with E-state index in [0.717, 1.165) is 0 Å². The van der Waals surface area contributed by atoms with Crippen molar-refractivity contribution in [3.63, 3.8) is 0 Å². The molecule has 0 unspecified atom stereocenters. The summed E-state index contributed by atoms with van der Waals surface area (Å²) in [6, 6.07) is 17.8. The highest BCUT2D eigenvalue weighted by atomic mass is 19.1. The van der Waals surface area contributed by atoms with Crippen LogP contribution in [0.5, 0.6) is 23.0 Å². The number of hydrogen-bond donors (Lipinski definition) is 7. The van der Waals surface area contributed by atoms with Crippen molar-refractivity contribution in [2.24, 2.45) is 5.73 Å². The fraction of sp³-hybridized carbons (Fsp3) is 0.291. The first-order chi connectivity index (χ1) is 38.1. The zero-order valence-corrected chi connectivity index (χ0v) is 44.2. The van der Waals surface area contributed by atoms with E-state index in [1.54, 1.807) is 27.7 Å². The van der Waals surface area contributed by atoms with Crippen molar-refractivity contribution in [1.82, 2.24) is 46.1 Å². The van der Waals surface area contributed by atoms with Gasteiger partial charge in [0.25, 0.3) is 17.7 Å². The van der Waals surface area contributed by atoms with Gasteiger partial charge < -0.3 is 61.1 Å². The van der Waals surface area contributed by atoms with Gasteiger partial charge in [-0.05, 0) is 88.4 Å². The average molecular weight is 1110 g/mol. The highest BCUT2D eigenvalue weighted by Crippen LogP contribution is 2.32. The van der Waals surface area contributed by atoms with E-state index in [-0.39, 0.29) is 94.1 Å². The minimum absolute atomic E-state index is 0.0185. The van der Waals surface area contributed by atoms with Gasteiger partial charge in [0, 0.05) is 66.9 Å². The third-order valence-corrected chi connectivity index (χ3v) is 12.0. The number of carbonyl (C=O) groups excluding carboxylic acids is 6. The molecule has 23 nitrogen and oxygen atoms in total. The molecule has 0 spiro atoms. The third kappa shape index (κ3) is 15.4. The Balaban J connectivity index is 0.000000223. The molecule has 2 fully saturated rings. The SMILES string of the molecule is CCOc1ccc(OC)c(F)c1C(=O)c1ccc(C(=O)N[C@@H]2CN(C(=O)OC(C)(C)C)C[C@H]2N)cc1.COc1ccc(O)c(C(=O)c2ccc(C(=O)N[C@@H]3CNC[C@H]3NC(=O)c3ccncn3)cc2)c1F.O=C(O)c1ccncn1. The van der Waals surface area contributed by atoms with Crippen LogP contribution in [0.15, 0.2) is 110 Å². The topological polar surface area (TPSA) is 326 Å². The number of nitrogens with one attached hydrogen (secondary N) is 4. The summed E-state index contributed by atoms with van der Waals surface area (Å²) in [7, 11) is 2.56. The highest BCUT2D eigenvalue weighted by Gasteiger charge is 2.37. The maximum Gasteiger partial charge on any atom is 0.410 e. The molecule has 25 heteroatoms. The quantitative estimate of drug-likeness (QED) is 0.0702. The van der Waals surface area contributed by atoms with E-state index < -0.39 is 76.1 Å². The molecule has 8 N–H and O–H groups in total. The van der Waals surface area contributed by atoms with E-state index >= 15 is 0 Å². The molecule has 8 rings (SSSR count). The van der Waals surface area contributed by atoms with Crippen molar-refractivity contribution in [3.8, 4) is 23.0 Å². The number of carbonyl (C=O) groups is 7. The van der Waals surface area contributed by atoms with E-state index in [2.05, 4.69) is 41.2 Å².